The van der Waals surface area contributed by atoms with E-state index < -0.39 is 33.9 Å². The second-order valence-electron chi connectivity index (χ2n) is 6.06. The summed E-state index contributed by atoms with van der Waals surface area (Å²) in [5.41, 5.74) is 0.0584. The molecule has 8 nitrogen and oxygen atoms in total. The number of nitriles is 1. The van der Waals surface area contributed by atoms with Gasteiger partial charge in [-0.3, -0.25) is 0 Å². The van der Waals surface area contributed by atoms with E-state index in [0.717, 1.165) is 6.08 Å². The van der Waals surface area contributed by atoms with Gasteiger partial charge in [-0.25, -0.2) is 31.9 Å². The van der Waals surface area contributed by atoms with Crippen molar-refractivity contribution in [2.45, 2.75) is 20.3 Å². The van der Waals surface area contributed by atoms with Crippen LogP contribution in [-0.2, 0) is 10.0 Å². The molecule has 11 heteroatoms. The van der Waals surface area contributed by atoms with Crippen LogP contribution in [0.5, 0.6) is 5.88 Å². The average molecular weight is 437 g/mol. The maximum atomic E-state index is 14.7. The van der Waals surface area contributed by atoms with Crippen molar-refractivity contribution in [3.8, 4) is 11.9 Å². The summed E-state index contributed by atoms with van der Waals surface area (Å²) in [6.07, 6.45) is 2.74. The first kappa shape index (κ1) is 23.2. The van der Waals surface area contributed by atoms with Crippen LogP contribution < -0.4 is 14.8 Å². The molecule has 0 bridgehead atoms. The number of fused-ring (bicyclic) bond motifs is 1. The number of aromatic nitrogens is 2. The fourth-order valence-electron chi connectivity index (χ4n) is 2.52. The normalized spacial score (nSPS) is 13.0. The van der Waals surface area contributed by atoms with Crippen LogP contribution in [0.2, 0.25) is 0 Å². The van der Waals surface area contributed by atoms with Crippen molar-refractivity contribution in [3.05, 3.63) is 47.3 Å². The molecule has 30 heavy (non-hydrogen) atoms. The minimum absolute atomic E-state index is 0.000309. The zero-order valence-electron chi connectivity index (χ0n) is 16.7. The number of hydrogen-bond acceptors (Lipinski definition) is 7. The van der Waals surface area contributed by atoms with Gasteiger partial charge in [-0.05, 0) is 31.6 Å². The van der Waals surface area contributed by atoms with Crippen molar-refractivity contribution in [1.29, 1.82) is 5.26 Å². The molecule has 2 aromatic rings. The molecule has 2 N–H and O–H groups in total. The lowest BCUT2D eigenvalue weighted by atomic mass is 10.1. The molecule has 2 rings (SSSR count). The molecule has 0 aliphatic rings. The first-order valence-electron chi connectivity index (χ1n) is 8.95. The highest BCUT2D eigenvalue weighted by Gasteiger charge is 2.18. The summed E-state index contributed by atoms with van der Waals surface area (Å²) in [6, 6.07) is 4.90. The van der Waals surface area contributed by atoms with E-state index in [1.807, 2.05) is 6.07 Å². The topological polar surface area (TPSA) is 117 Å². The lowest BCUT2D eigenvalue weighted by Gasteiger charge is -2.14. The smallest absolute Gasteiger partial charge is 0.232 e. The van der Waals surface area contributed by atoms with E-state index in [2.05, 4.69) is 20.0 Å². The van der Waals surface area contributed by atoms with E-state index in [-0.39, 0.29) is 28.4 Å². The lowest BCUT2D eigenvalue weighted by Crippen LogP contribution is -2.28. The van der Waals surface area contributed by atoms with Crippen molar-refractivity contribution in [1.82, 2.24) is 14.7 Å². The van der Waals surface area contributed by atoms with Crippen LogP contribution in [0.15, 0.2) is 41.8 Å². The lowest BCUT2D eigenvalue weighted by molar-refractivity contribution is 0.397. The molecular formula is C19H21F2N5O3S. The summed E-state index contributed by atoms with van der Waals surface area (Å²) in [5.74, 6) is -2.05. The van der Waals surface area contributed by atoms with Crippen molar-refractivity contribution in [2.75, 3.05) is 24.7 Å². The van der Waals surface area contributed by atoms with E-state index in [4.69, 9.17) is 4.74 Å². The average Bonchev–Trinajstić information content (AvgIpc) is 2.74. The van der Waals surface area contributed by atoms with Crippen molar-refractivity contribution in [2.24, 2.45) is 0 Å². The third kappa shape index (κ3) is 5.49. The fraction of sp³-hybridized carbons (Fsp3) is 0.316. The predicted octanol–water partition coefficient (Wildman–Crippen LogP) is 3.31. The van der Waals surface area contributed by atoms with Crippen LogP contribution in [0.25, 0.3) is 11.0 Å². The maximum absolute atomic E-state index is 14.7. The van der Waals surface area contributed by atoms with Gasteiger partial charge in [0.15, 0.2) is 0 Å². The summed E-state index contributed by atoms with van der Waals surface area (Å²) in [6.45, 7) is 2.28. The molecule has 1 aromatic heterocycles. The molecule has 0 fully saturated rings. The van der Waals surface area contributed by atoms with Gasteiger partial charge in [0, 0.05) is 0 Å². The van der Waals surface area contributed by atoms with Gasteiger partial charge in [0.05, 0.1) is 36.8 Å². The Hall–Kier alpha value is -3.10. The van der Waals surface area contributed by atoms with E-state index in [9.17, 15) is 22.5 Å². The molecule has 0 aliphatic carbocycles. The number of anilines is 1. The second-order valence-corrected chi connectivity index (χ2v) is 7.99. The highest BCUT2D eigenvalue weighted by atomic mass is 32.2. The van der Waals surface area contributed by atoms with E-state index >= 15 is 0 Å². The Bertz CT molecular complexity index is 1140. The first-order chi connectivity index (χ1) is 14.3. The summed E-state index contributed by atoms with van der Waals surface area (Å²) < 4.78 is 59.7. The van der Waals surface area contributed by atoms with Gasteiger partial charge in [0.1, 0.15) is 34.5 Å². The van der Waals surface area contributed by atoms with Gasteiger partial charge in [-0.1, -0.05) is 6.92 Å². The molecule has 0 saturated carbocycles. The first-order valence-corrected chi connectivity index (χ1v) is 10.6. The Morgan fingerprint density at radius 1 is 1.37 bits per heavy atom. The summed E-state index contributed by atoms with van der Waals surface area (Å²) in [5, 5.41) is 12.1. The number of halogens is 2. The van der Waals surface area contributed by atoms with Gasteiger partial charge in [-0.2, -0.15) is 5.26 Å². The highest BCUT2D eigenvalue weighted by molar-refractivity contribution is 7.89. The molecule has 1 aromatic carbocycles. The number of nitrogens with one attached hydrogen (secondary N) is 2. The van der Waals surface area contributed by atoms with Gasteiger partial charge in [0.25, 0.3) is 0 Å². The SMILES string of the molecule is C/C=C(F)\C(Nc1ccc2ncc(OC)nc2c1C#N)=C(\F)CNS(=O)(=O)CCC. The molecule has 0 amide bonds. The van der Waals surface area contributed by atoms with Crippen molar-refractivity contribution in [3.63, 3.8) is 0 Å². The molecule has 0 spiro atoms. The standard InChI is InChI=1S/C19H21F2N5O3S/c1-4-8-30(27,28)24-10-14(21)19(13(20)5-2)25-15-6-7-16-18(12(15)9-22)26-17(29-3)11-23-16/h5-7,11,24-25H,4,8,10H2,1-3H3/b13-5+,19-14-. The van der Waals surface area contributed by atoms with Crippen LogP contribution in [0.3, 0.4) is 0 Å². The van der Waals surface area contributed by atoms with E-state index in [0.29, 0.717) is 11.9 Å². The third-order valence-corrected chi connectivity index (χ3v) is 5.49. The summed E-state index contributed by atoms with van der Waals surface area (Å²) in [4.78, 5) is 8.30. The largest absolute Gasteiger partial charge is 0.480 e. The van der Waals surface area contributed by atoms with Gasteiger partial charge in [-0.15, -0.1) is 0 Å². The monoisotopic (exact) mass is 437 g/mol. The minimum atomic E-state index is -3.69. The Labute approximate surface area is 173 Å². The van der Waals surface area contributed by atoms with Crippen molar-refractivity contribution < 1.29 is 21.9 Å². The van der Waals surface area contributed by atoms with Gasteiger partial charge >= 0.3 is 0 Å². The summed E-state index contributed by atoms with van der Waals surface area (Å²) in [7, 11) is -2.30. The summed E-state index contributed by atoms with van der Waals surface area (Å²) >= 11 is 0. The predicted molar refractivity (Wildman–Crippen MR) is 110 cm³/mol. The minimum Gasteiger partial charge on any atom is -0.480 e. The molecule has 0 aliphatic heterocycles. The van der Waals surface area contributed by atoms with Crippen LogP contribution in [0, 0.1) is 11.3 Å². The Morgan fingerprint density at radius 3 is 2.70 bits per heavy atom. The van der Waals surface area contributed by atoms with Crippen LogP contribution in [0.4, 0.5) is 14.5 Å². The maximum Gasteiger partial charge on any atom is 0.232 e. The second kappa shape index (κ2) is 10.1. The number of methoxy groups -OCH3 is 1. The third-order valence-electron chi connectivity index (χ3n) is 3.96. The number of ether oxygens (including phenoxy) is 1. The van der Waals surface area contributed by atoms with Crippen LogP contribution in [0.1, 0.15) is 25.8 Å². The molecule has 0 saturated heterocycles. The van der Waals surface area contributed by atoms with Gasteiger partial charge in [0.2, 0.25) is 15.9 Å². The van der Waals surface area contributed by atoms with E-state index in [1.54, 1.807) is 6.92 Å². The highest BCUT2D eigenvalue weighted by Crippen LogP contribution is 2.28. The number of nitrogens with zero attached hydrogens (tertiary/aromatic N) is 3. The number of sulfonamides is 1. The zero-order chi connectivity index (χ0) is 22.3. The van der Waals surface area contributed by atoms with Crippen molar-refractivity contribution >= 4 is 26.7 Å². The molecule has 0 unspecified atom stereocenters. The number of hydrogen-bond donors (Lipinski definition) is 2. The fourth-order valence-corrected chi connectivity index (χ4v) is 3.54. The Kier molecular flexibility index (Phi) is 7.79. The molecular weight excluding hydrogens is 416 g/mol. The Morgan fingerprint density at radius 2 is 2.10 bits per heavy atom. The van der Waals surface area contributed by atoms with Gasteiger partial charge < -0.3 is 10.1 Å². The molecule has 0 atom stereocenters. The number of allylic oxidation sites excluding steroid dienone is 2. The van der Waals surface area contributed by atoms with Crippen LogP contribution in [-0.4, -0.2) is 37.8 Å². The molecule has 1 heterocycles. The molecule has 0 radical (unpaired) electrons. The Balaban J connectivity index is 2.48. The quantitative estimate of drug-likeness (QED) is 0.578. The zero-order valence-corrected chi connectivity index (χ0v) is 17.5. The van der Waals surface area contributed by atoms with Crippen LogP contribution >= 0.6 is 0 Å². The van der Waals surface area contributed by atoms with E-state index in [1.165, 1.54) is 32.4 Å². The number of rotatable bonds is 9. The number of benzene rings is 1. The molecule has 160 valence electrons.